The quantitative estimate of drug-likeness (QED) is 0.920. The monoisotopic (exact) mass is 285 g/mol. The van der Waals surface area contributed by atoms with E-state index in [1.54, 1.807) is 42.2 Å². The Morgan fingerprint density at radius 2 is 2.20 bits per heavy atom. The molecule has 0 spiro atoms. The third-order valence-corrected chi connectivity index (χ3v) is 4.75. The molecular formula is C15H15N3OS. The summed E-state index contributed by atoms with van der Waals surface area (Å²) >= 11 is 1.63. The van der Waals surface area contributed by atoms with Crippen LogP contribution in [-0.2, 0) is 11.2 Å². The van der Waals surface area contributed by atoms with Crippen molar-refractivity contribution >= 4 is 29.0 Å². The molecule has 1 aromatic heterocycles. The number of hydrogen-bond acceptors (Lipinski definition) is 4. The third kappa shape index (κ3) is 2.25. The number of benzene rings is 1. The largest absolute Gasteiger partial charge is 0.396 e. The van der Waals surface area contributed by atoms with Crippen LogP contribution >= 0.6 is 11.8 Å². The van der Waals surface area contributed by atoms with Gasteiger partial charge in [-0.15, -0.1) is 11.8 Å². The first kappa shape index (κ1) is 13.0. The van der Waals surface area contributed by atoms with E-state index in [9.17, 15) is 4.79 Å². The maximum atomic E-state index is 12.6. The van der Waals surface area contributed by atoms with Crippen LogP contribution in [0.25, 0.3) is 0 Å². The summed E-state index contributed by atoms with van der Waals surface area (Å²) < 4.78 is 0. The molecule has 1 aliphatic heterocycles. The first-order chi connectivity index (χ1) is 9.66. The van der Waals surface area contributed by atoms with Gasteiger partial charge in [0.25, 0.3) is 0 Å². The molecule has 2 heterocycles. The van der Waals surface area contributed by atoms with Crippen molar-refractivity contribution in [2.24, 2.45) is 0 Å². The summed E-state index contributed by atoms with van der Waals surface area (Å²) in [6.45, 7) is 0. The van der Waals surface area contributed by atoms with Gasteiger partial charge in [0.1, 0.15) is 0 Å². The fraction of sp³-hybridized carbons (Fsp3) is 0.200. The van der Waals surface area contributed by atoms with Crippen molar-refractivity contribution in [3.63, 3.8) is 0 Å². The summed E-state index contributed by atoms with van der Waals surface area (Å²) in [5, 5.41) is -0.0787. The maximum Gasteiger partial charge on any atom is 0.240 e. The number of anilines is 2. The van der Waals surface area contributed by atoms with Gasteiger partial charge in [-0.25, -0.2) is 0 Å². The SMILES string of the molecule is CN(C(=O)C1Cc2ccccc2S1)c1ccncc1N. The van der Waals surface area contributed by atoms with E-state index in [-0.39, 0.29) is 11.2 Å². The smallest absolute Gasteiger partial charge is 0.240 e. The van der Waals surface area contributed by atoms with Gasteiger partial charge >= 0.3 is 0 Å². The Balaban J connectivity index is 1.80. The molecule has 0 aliphatic carbocycles. The van der Waals surface area contributed by atoms with Crippen molar-refractivity contribution in [2.45, 2.75) is 16.6 Å². The molecule has 0 saturated carbocycles. The number of nitrogen functional groups attached to an aromatic ring is 1. The summed E-state index contributed by atoms with van der Waals surface area (Å²) in [6, 6.07) is 9.92. The minimum absolute atomic E-state index is 0.0732. The van der Waals surface area contributed by atoms with Crippen LogP contribution in [0.15, 0.2) is 47.6 Å². The lowest BCUT2D eigenvalue weighted by molar-refractivity contribution is -0.117. The second kappa shape index (κ2) is 5.17. The van der Waals surface area contributed by atoms with Gasteiger partial charge in [-0.2, -0.15) is 0 Å². The van der Waals surface area contributed by atoms with Crippen LogP contribution in [0.1, 0.15) is 5.56 Å². The molecule has 1 aromatic carbocycles. The number of amides is 1. The van der Waals surface area contributed by atoms with Crippen molar-refractivity contribution in [2.75, 3.05) is 17.7 Å². The second-order valence-electron chi connectivity index (χ2n) is 4.75. The third-order valence-electron chi connectivity index (χ3n) is 3.44. The Bertz CT molecular complexity index is 634. The molecule has 1 aliphatic rings. The van der Waals surface area contributed by atoms with Gasteiger partial charge in [-0.3, -0.25) is 9.78 Å². The number of pyridine rings is 1. The van der Waals surface area contributed by atoms with Crippen LogP contribution in [0.3, 0.4) is 0 Å². The maximum absolute atomic E-state index is 12.6. The van der Waals surface area contributed by atoms with Gasteiger partial charge in [0.05, 0.1) is 22.8 Å². The molecule has 3 rings (SSSR count). The van der Waals surface area contributed by atoms with Crippen molar-refractivity contribution in [1.82, 2.24) is 4.98 Å². The lowest BCUT2D eigenvalue weighted by atomic mass is 10.1. The summed E-state index contributed by atoms with van der Waals surface area (Å²) in [6.07, 6.45) is 3.98. The first-order valence-corrected chi connectivity index (χ1v) is 7.26. The zero-order valence-corrected chi connectivity index (χ0v) is 11.9. The molecule has 20 heavy (non-hydrogen) atoms. The van der Waals surface area contributed by atoms with Gasteiger partial charge in [0, 0.05) is 18.1 Å². The summed E-state index contributed by atoms with van der Waals surface area (Å²) in [5.41, 5.74) is 8.35. The number of nitrogens with zero attached hydrogens (tertiary/aromatic N) is 2. The zero-order chi connectivity index (χ0) is 14.1. The highest BCUT2D eigenvalue weighted by molar-refractivity contribution is 8.01. The molecular weight excluding hydrogens is 270 g/mol. The van der Waals surface area contributed by atoms with Crippen LogP contribution in [0.2, 0.25) is 0 Å². The Morgan fingerprint density at radius 1 is 1.40 bits per heavy atom. The summed E-state index contributed by atoms with van der Waals surface area (Å²) in [7, 11) is 1.76. The normalized spacial score (nSPS) is 16.8. The van der Waals surface area contributed by atoms with E-state index in [0.717, 1.165) is 6.42 Å². The molecule has 102 valence electrons. The second-order valence-corrected chi connectivity index (χ2v) is 5.99. The fourth-order valence-electron chi connectivity index (χ4n) is 2.36. The molecule has 1 atom stereocenters. The lowest BCUT2D eigenvalue weighted by Gasteiger charge is -2.21. The highest BCUT2D eigenvalue weighted by Crippen LogP contribution is 2.38. The van der Waals surface area contributed by atoms with Gasteiger partial charge in [0.15, 0.2) is 0 Å². The van der Waals surface area contributed by atoms with E-state index < -0.39 is 0 Å². The minimum Gasteiger partial charge on any atom is -0.396 e. The number of rotatable bonds is 2. The van der Waals surface area contributed by atoms with E-state index in [1.807, 2.05) is 12.1 Å². The van der Waals surface area contributed by atoms with Crippen LogP contribution in [0.5, 0.6) is 0 Å². The van der Waals surface area contributed by atoms with E-state index in [4.69, 9.17) is 5.73 Å². The molecule has 0 saturated heterocycles. The molecule has 0 radical (unpaired) electrons. The fourth-order valence-corrected chi connectivity index (χ4v) is 3.65. The minimum atomic E-state index is -0.0787. The van der Waals surface area contributed by atoms with Crippen LogP contribution in [0, 0.1) is 0 Å². The van der Waals surface area contributed by atoms with E-state index in [2.05, 4.69) is 17.1 Å². The molecule has 0 bridgehead atoms. The van der Waals surface area contributed by atoms with Crippen molar-refractivity contribution in [3.8, 4) is 0 Å². The highest BCUT2D eigenvalue weighted by Gasteiger charge is 2.30. The molecule has 2 aromatic rings. The number of fused-ring (bicyclic) bond motifs is 1. The standard InChI is InChI=1S/C15H15N3OS/c1-18(12-6-7-17-9-11(12)16)15(19)14-8-10-4-2-3-5-13(10)20-14/h2-7,9,14H,8,16H2,1H3. The van der Waals surface area contributed by atoms with Crippen molar-refractivity contribution in [3.05, 3.63) is 48.3 Å². The molecule has 1 unspecified atom stereocenters. The van der Waals surface area contributed by atoms with Crippen LogP contribution < -0.4 is 10.6 Å². The number of carbonyl (C=O) groups is 1. The Kier molecular flexibility index (Phi) is 3.36. The Hall–Kier alpha value is -2.01. The zero-order valence-electron chi connectivity index (χ0n) is 11.1. The molecule has 2 N–H and O–H groups in total. The number of nitrogens with two attached hydrogens (primary N) is 1. The molecule has 0 fully saturated rings. The topological polar surface area (TPSA) is 59.2 Å². The van der Waals surface area contributed by atoms with E-state index in [0.29, 0.717) is 11.4 Å². The van der Waals surface area contributed by atoms with Crippen molar-refractivity contribution in [1.29, 1.82) is 0 Å². The predicted molar refractivity (Wildman–Crippen MR) is 81.9 cm³/mol. The van der Waals surface area contributed by atoms with E-state index in [1.165, 1.54) is 10.5 Å². The molecule has 5 heteroatoms. The van der Waals surface area contributed by atoms with Crippen molar-refractivity contribution < 1.29 is 4.79 Å². The van der Waals surface area contributed by atoms with Gasteiger partial charge < -0.3 is 10.6 Å². The Labute approximate surface area is 122 Å². The number of thioether (sulfide) groups is 1. The van der Waals surface area contributed by atoms with Gasteiger partial charge in [-0.05, 0) is 24.1 Å². The number of hydrogen-bond donors (Lipinski definition) is 1. The van der Waals surface area contributed by atoms with Crippen LogP contribution in [0.4, 0.5) is 11.4 Å². The van der Waals surface area contributed by atoms with Crippen LogP contribution in [-0.4, -0.2) is 23.2 Å². The summed E-state index contributed by atoms with van der Waals surface area (Å²) in [5.74, 6) is 0.0732. The average molecular weight is 285 g/mol. The number of aromatic nitrogens is 1. The molecule has 4 nitrogen and oxygen atoms in total. The van der Waals surface area contributed by atoms with Gasteiger partial charge in [-0.1, -0.05) is 18.2 Å². The number of carbonyl (C=O) groups excluding carboxylic acids is 1. The highest BCUT2D eigenvalue weighted by atomic mass is 32.2. The average Bonchev–Trinajstić information content (AvgIpc) is 2.90. The van der Waals surface area contributed by atoms with Gasteiger partial charge in [0.2, 0.25) is 5.91 Å². The Morgan fingerprint density at radius 3 is 2.95 bits per heavy atom. The lowest BCUT2D eigenvalue weighted by Crippen LogP contribution is -2.35. The first-order valence-electron chi connectivity index (χ1n) is 6.38. The predicted octanol–water partition coefficient (Wildman–Crippen LogP) is 2.34. The van der Waals surface area contributed by atoms with E-state index >= 15 is 0 Å². The summed E-state index contributed by atoms with van der Waals surface area (Å²) in [4.78, 5) is 19.4. The molecule has 1 amide bonds.